The molecule has 1 aromatic rings. The molecule has 7 heteroatoms. The monoisotopic (exact) mass is 325 g/mol. The van der Waals surface area contributed by atoms with Gasteiger partial charge in [0.2, 0.25) is 5.54 Å². The van der Waals surface area contributed by atoms with Crippen molar-refractivity contribution in [1.82, 2.24) is 0 Å². The van der Waals surface area contributed by atoms with E-state index in [1.165, 1.54) is 12.1 Å². The van der Waals surface area contributed by atoms with Crippen molar-refractivity contribution in [2.24, 2.45) is 0 Å². The van der Waals surface area contributed by atoms with Crippen LogP contribution in [0.2, 0.25) is 0 Å². The summed E-state index contributed by atoms with van der Waals surface area (Å²) in [5, 5.41) is 2.16. The molecule has 0 aliphatic heterocycles. The zero-order valence-electron chi connectivity index (χ0n) is 9.64. The fourth-order valence-electron chi connectivity index (χ4n) is 1.30. The minimum absolute atomic E-state index is 0.162. The second-order valence-corrected chi connectivity index (χ2v) is 4.67. The van der Waals surface area contributed by atoms with Crippen LogP contribution in [0.25, 0.3) is 0 Å². The van der Waals surface area contributed by atoms with Crippen molar-refractivity contribution in [3.8, 4) is 0 Å². The van der Waals surface area contributed by atoms with Crippen LogP contribution >= 0.6 is 15.9 Å². The Bertz CT molecular complexity index is 450. The van der Waals surface area contributed by atoms with E-state index >= 15 is 0 Å². The maximum absolute atomic E-state index is 13.0. The standard InChI is InChI=1S/C11H11BrF3NO2/c1-10(9(17)18-2,11(13,14)15)16-8-5-3-4-7(12)6-8/h3-6,16H,1-2H3. The average Bonchev–Trinajstić information content (AvgIpc) is 2.26. The fraction of sp³-hybridized carbons (Fsp3) is 0.364. The lowest BCUT2D eigenvalue weighted by Crippen LogP contribution is -2.56. The van der Waals surface area contributed by atoms with Crippen LogP contribution < -0.4 is 5.32 Å². The lowest BCUT2D eigenvalue weighted by molar-refractivity contribution is -0.195. The number of methoxy groups -OCH3 is 1. The van der Waals surface area contributed by atoms with Crippen LogP contribution in [-0.2, 0) is 9.53 Å². The molecule has 18 heavy (non-hydrogen) atoms. The van der Waals surface area contributed by atoms with Gasteiger partial charge in [-0.15, -0.1) is 0 Å². The van der Waals surface area contributed by atoms with Crippen molar-refractivity contribution in [3.63, 3.8) is 0 Å². The summed E-state index contributed by atoms with van der Waals surface area (Å²) in [5.41, 5.74) is -2.63. The van der Waals surface area contributed by atoms with Gasteiger partial charge in [-0.05, 0) is 25.1 Å². The number of nitrogens with one attached hydrogen (secondary N) is 1. The fourth-order valence-corrected chi connectivity index (χ4v) is 1.70. The van der Waals surface area contributed by atoms with Crippen molar-refractivity contribution in [1.29, 1.82) is 0 Å². The van der Waals surface area contributed by atoms with Crippen molar-refractivity contribution < 1.29 is 22.7 Å². The molecule has 0 aliphatic rings. The molecule has 0 radical (unpaired) electrons. The van der Waals surface area contributed by atoms with Gasteiger partial charge in [0, 0.05) is 10.2 Å². The third kappa shape index (κ3) is 2.95. The molecule has 1 N–H and O–H groups in total. The lowest BCUT2D eigenvalue weighted by Gasteiger charge is -2.31. The smallest absolute Gasteiger partial charge is 0.422 e. The number of carbonyl (C=O) groups excluding carboxylic acids is 1. The van der Waals surface area contributed by atoms with E-state index < -0.39 is 17.7 Å². The van der Waals surface area contributed by atoms with Gasteiger partial charge in [-0.1, -0.05) is 22.0 Å². The molecule has 1 unspecified atom stereocenters. The van der Waals surface area contributed by atoms with E-state index in [-0.39, 0.29) is 5.69 Å². The van der Waals surface area contributed by atoms with Gasteiger partial charge in [0.15, 0.2) is 0 Å². The molecule has 0 heterocycles. The summed E-state index contributed by atoms with van der Waals surface area (Å²) in [7, 11) is 0.912. The molecule has 0 saturated carbocycles. The molecule has 1 rings (SSSR count). The minimum Gasteiger partial charge on any atom is -0.467 e. The van der Waals surface area contributed by atoms with Crippen molar-refractivity contribution in [3.05, 3.63) is 28.7 Å². The number of alkyl halides is 3. The number of hydrogen-bond acceptors (Lipinski definition) is 3. The Morgan fingerprint density at radius 2 is 2.00 bits per heavy atom. The number of carbonyl (C=O) groups is 1. The molecule has 1 aromatic carbocycles. The normalized spacial score (nSPS) is 14.8. The van der Waals surface area contributed by atoms with Crippen LogP contribution in [0.5, 0.6) is 0 Å². The Hall–Kier alpha value is -1.24. The summed E-state index contributed by atoms with van der Waals surface area (Å²) in [6.45, 7) is 0.736. The minimum atomic E-state index is -4.78. The van der Waals surface area contributed by atoms with Crippen LogP contribution in [0.4, 0.5) is 18.9 Å². The summed E-state index contributed by atoms with van der Waals surface area (Å²) in [6, 6.07) is 6.08. The van der Waals surface area contributed by atoms with E-state index in [1.54, 1.807) is 12.1 Å². The second-order valence-electron chi connectivity index (χ2n) is 3.75. The first kappa shape index (κ1) is 14.8. The van der Waals surface area contributed by atoms with E-state index in [2.05, 4.69) is 26.0 Å². The molecule has 0 aromatic heterocycles. The molecule has 0 aliphatic carbocycles. The van der Waals surface area contributed by atoms with Crippen molar-refractivity contribution >= 4 is 27.6 Å². The predicted molar refractivity (Wildman–Crippen MR) is 64.2 cm³/mol. The SMILES string of the molecule is COC(=O)C(C)(Nc1cccc(Br)c1)C(F)(F)F. The molecular weight excluding hydrogens is 315 g/mol. The van der Waals surface area contributed by atoms with Gasteiger partial charge in [-0.2, -0.15) is 13.2 Å². The van der Waals surface area contributed by atoms with Gasteiger partial charge in [0.1, 0.15) is 0 Å². The third-order valence-corrected chi connectivity index (χ3v) is 2.87. The highest BCUT2D eigenvalue weighted by Crippen LogP contribution is 2.34. The first-order chi connectivity index (χ1) is 8.20. The van der Waals surface area contributed by atoms with Gasteiger partial charge in [0.05, 0.1) is 7.11 Å². The van der Waals surface area contributed by atoms with Gasteiger partial charge in [-0.25, -0.2) is 4.79 Å². The summed E-state index contributed by atoms with van der Waals surface area (Å²) in [5.74, 6) is -1.39. The van der Waals surface area contributed by atoms with Crippen LogP contribution in [0, 0.1) is 0 Å². The maximum Gasteiger partial charge on any atom is 0.422 e. The van der Waals surface area contributed by atoms with E-state index in [4.69, 9.17) is 0 Å². The second kappa shape index (κ2) is 5.17. The highest BCUT2D eigenvalue weighted by Gasteiger charge is 2.58. The average molecular weight is 326 g/mol. The Kier molecular flexibility index (Phi) is 4.26. The van der Waals surface area contributed by atoms with E-state index in [1.807, 2.05) is 0 Å². The molecule has 100 valence electrons. The summed E-state index contributed by atoms with van der Waals surface area (Å²) < 4.78 is 43.7. The number of halogens is 4. The largest absolute Gasteiger partial charge is 0.467 e. The predicted octanol–water partition coefficient (Wildman–Crippen LogP) is 3.36. The topological polar surface area (TPSA) is 38.3 Å². The summed E-state index contributed by atoms with van der Waals surface area (Å²) >= 11 is 3.14. The van der Waals surface area contributed by atoms with E-state index in [0.29, 0.717) is 4.47 Å². The third-order valence-electron chi connectivity index (χ3n) is 2.38. The zero-order chi connectivity index (χ0) is 14.0. The summed E-state index contributed by atoms with van der Waals surface area (Å²) in [6.07, 6.45) is -4.78. The maximum atomic E-state index is 13.0. The molecule has 0 spiro atoms. The number of rotatable bonds is 3. The van der Waals surface area contributed by atoms with E-state index in [0.717, 1.165) is 14.0 Å². The Labute approximate surface area is 110 Å². The highest BCUT2D eigenvalue weighted by molar-refractivity contribution is 9.10. The molecule has 0 amide bonds. The van der Waals surface area contributed by atoms with E-state index in [9.17, 15) is 18.0 Å². The molecule has 0 bridgehead atoms. The van der Waals surface area contributed by atoms with Crippen LogP contribution in [0.15, 0.2) is 28.7 Å². The molecule has 0 fully saturated rings. The quantitative estimate of drug-likeness (QED) is 0.866. The first-order valence-electron chi connectivity index (χ1n) is 4.89. The molecule has 1 atom stereocenters. The van der Waals surface area contributed by atoms with Gasteiger partial charge in [-0.3, -0.25) is 0 Å². The van der Waals surface area contributed by atoms with Crippen LogP contribution in [0.1, 0.15) is 6.92 Å². The van der Waals surface area contributed by atoms with Gasteiger partial charge >= 0.3 is 12.1 Å². The van der Waals surface area contributed by atoms with Crippen molar-refractivity contribution in [2.45, 2.75) is 18.6 Å². The van der Waals surface area contributed by atoms with Crippen LogP contribution in [-0.4, -0.2) is 24.8 Å². The Morgan fingerprint density at radius 1 is 1.39 bits per heavy atom. The summed E-state index contributed by atoms with van der Waals surface area (Å²) in [4.78, 5) is 11.4. The molecule has 0 saturated heterocycles. The number of esters is 1. The van der Waals surface area contributed by atoms with Gasteiger partial charge in [0.25, 0.3) is 0 Å². The molecular formula is C11H11BrF3NO2. The Balaban J connectivity index is 3.11. The van der Waals surface area contributed by atoms with Crippen LogP contribution in [0.3, 0.4) is 0 Å². The van der Waals surface area contributed by atoms with Crippen molar-refractivity contribution in [2.75, 3.05) is 12.4 Å². The number of hydrogen-bond donors (Lipinski definition) is 1. The first-order valence-corrected chi connectivity index (χ1v) is 5.69. The Morgan fingerprint density at radius 3 is 2.44 bits per heavy atom. The molecule has 3 nitrogen and oxygen atoms in total. The number of anilines is 1. The lowest BCUT2D eigenvalue weighted by atomic mass is 10.0. The zero-order valence-corrected chi connectivity index (χ0v) is 11.2. The number of benzene rings is 1. The van der Waals surface area contributed by atoms with Gasteiger partial charge < -0.3 is 10.1 Å². The highest BCUT2D eigenvalue weighted by atomic mass is 79.9. The number of ether oxygens (including phenoxy) is 1.